The van der Waals surface area contributed by atoms with Crippen LogP contribution >= 0.6 is 11.6 Å². The zero-order chi connectivity index (χ0) is 21.3. The van der Waals surface area contributed by atoms with E-state index in [1.165, 1.54) is 5.56 Å². The van der Waals surface area contributed by atoms with Crippen molar-refractivity contribution in [3.63, 3.8) is 0 Å². The number of aromatic nitrogens is 3. The highest BCUT2D eigenvalue weighted by atomic mass is 35.5. The number of nitrogens with zero attached hydrogens (tertiary/aromatic N) is 4. The lowest BCUT2D eigenvalue weighted by molar-refractivity contribution is 0.0783. The predicted molar refractivity (Wildman–Crippen MR) is 119 cm³/mol. The van der Waals surface area contributed by atoms with Crippen molar-refractivity contribution in [1.82, 2.24) is 18.9 Å². The fourth-order valence-electron chi connectivity index (χ4n) is 3.91. The average Bonchev–Trinajstić information content (AvgIpc) is 3.15. The molecule has 152 valence electrons. The van der Waals surface area contributed by atoms with E-state index < -0.39 is 0 Å². The van der Waals surface area contributed by atoms with Crippen LogP contribution in [0.2, 0.25) is 5.15 Å². The van der Waals surface area contributed by atoms with Crippen molar-refractivity contribution in [1.29, 1.82) is 0 Å². The van der Waals surface area contributed by atoms with Crippen LogP contribution in [0.15, 0.2) is 43.6 Å². The number of hydrogen-bond acceptors (Lipinski definition) is 2. The summed E-state index contributed by atoms with van der Waals surface area (Å²) < 4.78 is 3.73. The van der Waals surface area contributed by atoms with Gasteiger partial charge in [-0.15, -0.1) is 13.2 Å². The first-order valence-electron chi connectivity index (χ1n) is 9.71. The molecule has 3 rings (SSSR count). The highest BCUT2D eigenvalue weighted by molar-refractivity contribution is 6.30. The topological polar surface area (TPSA) is 42.5 Å². The number of carbonyl (C=O) groups excluding carboxylic acids is 1. The summed E-state index contributed by atoms with van der Waals surface area (Å²) in [4.78, 5) is 19.8. The smallest absolute Gasteiger partial charge is 0.273 e. The SMILES string of the molecule is C=CCN(CC=C)C(=O)c1c(CC)nc2n(-c3c(C)cc(C)cc3C)c(Cl)cn12. The summed E-state index contributed by atoms with van der Waals surface area (Å²) in [6.45, 7) is 16.6. The number of benzene rings is 1. The van der Waals surface area contributed by atoms with Crippen molar-refractivity contribution in [3.8, 4) is 5.69 Å². The minimum atomic E-state index is -0.111. The number of fused-ring (bicyclic) bond motifs is 1. The normalized spacial score (nSPS) is 11.1. The van der Waals surface area contributed by atoms with Crippen LogP contribution < -0.4 is 0 Å². The predicted octanol–water partition coefficient (Wildman–Crippen LogP) is 5.08. The van der Waals surface area contributed by atoms with E-state index in [0.717, 1.165) is 22.5 Å². The third kappa shape index (κ3) is 3.62. The highest BCUT2D eigenvalue weighted by Crippen LogP contribution is 2.30. The van der Waals surface area contributed by atoms with Gasteiger partial charge in [-0.2, -0.15) is 0 Å². The second-order valence-electron chi connectivity index (χ2n) is 7.25. The van der Waals surface area contributed by atoms with Gasteiger partial charge in [0.2, 0.25) is 5.78 Å². The summed E-state index contributed by atoms with van der Waals surface area (Å²) >= 11 is 6.65. The zero-order valence-corrected chi connectivity index (χ0v) is 18.3. The van der Waals surface area contributed by atoms with Gasteiger partial charge in [0.1, 0.15) is 10.8 Å². The van der Waals surface area contributed by atoms with Gasteiger partial charge in [0, 0.05) is 19.3 Å². The largest absolute Gasteiger partial charge is 0.330 e. The Bertz CT molecular complexity index is 1070. The van der Waals surface area contributed by atoms with Crippen molar-refractivity contribution < 1.29 is 4.79 Å². The van der Waals surface area contributed by atoms with E-state index in [4.69, 9.17) is 16.6 Å². The lowest BCUT2D eigenvalue weighted by Gasteiger charge is -2.19. The van der Waals surface area contributed by atoms with Crippen LogP contribution in [0, 0.1) is 20.8 Å². The molecule has 29 heavy (non-hydrogen) atoms. The molecule has 1 aromatic carbocycles. The standard InChI is InChI=1S/C23H27ClN4O/c1-7-10-26(11-8-2)22(29)21-18(9-3)25-23-27(21)14-19(24)28(23)20-16(5)12-15(4)13-17(20)6/h7-8,12-14H,1-2,9-11H2,3-6H3. The number of aryl methyl sites for hydroxylation is 4. The molecule has 1 amide bonds. The Hall–Kier alpha value is -2.79. The molecule has 0 spiro atoms. The first-order valence-corrected chi connectivity index (χ1v) is 10.1. The van der Waals surface area contributed by atoms with Gasteiger partial charge >= 0.3 is 0 Å². The highest BCUT2D eigenvalue weighted by Gasteiger charge is 2.26. The van der Waals surface area contributed by atoms with Gasteiger partial charge in [0.05, 0.1) is 11.4 Å². The molecule has 5 nitrogen and oxygen atoms in total. The van der Waals surface area contributed by atoms with E-state index in [2.05, 4.69) is 46.1 Å². The van der Waals surface area contributed by atoms with Gasteiger partial charge in [-0.05, 0) is 38.3 Å². The summed E-state index contributed by atoms with van der Waals surface area (Å²) in [6.07, 6.45) is 5.84. The number of hydrogen-bond donors (Lipinski definition) is 0. The van der Waals surface area contributed by atoms with Crippen LogP contribution in [0.4, 0.5) is 0 Å². The first kappa shape index (κ1) is 20.9. The van der Waals surface area contributed by atoms with Crippen molar-refractivity contribution in [2.75, 3.05) is 13.1 Å². The molecule has 0 bridgehead atoms. The molecule has 3 aromatic rings. The molecule has 0 N–H and O–H groups in total. The Balaban J connectivity index is 2.26. The summed E-state index contributed by atoms with van der Waals surface area (Å²) in [5.74, 6) is 0.530. The van der Waals surface area contributed by atoms with Crippen molar-refractivity contribution in [2.24, 2.45) is 0 Å². The number of carbonyl (C=O) groups is 1. The molecular weight excluding hydrogens is 384 g/mol. The molecular formula is C23H27ClN4O. The van der Waals surface area contributed by atoms with Crippen LogP contribution in [0.5, 0.6) is 0 Å². The maximum Gasteiger partial charge on any atom is 0.273 e. The Kier molecular flexibility index (Phi) is 5.99. The Morgan fingerprint density at radius 3 is 2.28 bits per heavy atom. The van der Waals surface area contributed by atoms with Gasteiger partial charge < -0.3 is 4.90 Å². The van der Waals surface area contributed by atoms with Crippen LogP contribution in [0.1, 0.15) is 39.8 Å². The van der Waals surface area contributed by atoms with Gasteiger partial charge in [-0.3, -0.25) is 13.8 Å². The van der Waals surface area contributed by atoms with Crippen LogP contribution in [-0.4, -0.2) is 37.8 Å². The van der Waals surface area contributed by atoms with Gasteiger partial charge in [-0.25, -0.2) is 4.98 Å². The fourth-order valence-corrected chi connectivity index (χ4v) is 4.17. The molecule has 0 radical (unpaired) electrons. The van der Waals surface area contributed by atoms with Crippen molar-refractivity contribution in [2.45, 2.75) is 34.1 Å². The van der Waals surface area contributed by atoms with E-state index in [1.54, 1.807) is 27.6 Å². The molecule has 0 unspecified atom stereocenters. The molecule has 0 fully saturated rings. The molecule has 6 heteroatoms. The van der Waals surface area contributed by atoms with E-state index in [-0.39, 0.29) is 5.91 Å². The van der Waals surface area contributed by atoms with Gasteiger partial charge in [0.25, 0.3) is 5.91 Å². The Morgan fingerprint density at radius 2 is 1.76 bits per heavy atom. The number of rotatable bonds is 7. The minimum absolute atomic E-state index is 0.111. The number of imidazole rings is 2. The second-order valence-corrected chi connectivity index (χ2v) is 7.64. The minimum Gasteiger partial charge on any atom is -0.330 e. The molecule has 2 aromatic heterocycles. The first-order chi connectivity index (χ1) is 13.8. The fraction of sp³-hybridized carbons (Fsp3) is 0.304. The lowest BCUT2D eigenvalue weighted by Crippen LogP contribution is -2.32. The monoisotopic (exact) mass is 410 g/mol. The van der Waals surface area contributed by atoms with Crippen LogP contribution in [0.25, 0.3) is 11.5 Å². The van der Waals surface area contributed by atoms with Crippen molar-refractivity contribution in [3.05, 3.63) is 76.9 Å². The summed E-state index contributed by atoms with van der Waals surface area (Å²) in [6, 6.07) is 4.25. The van der Waals surface area contributed by atoms with Crippen molar-refractivity contribution >= 4 is 23.3 Å². The summed E-state index contributed by atoms with van der Waals surface area (Å²) in [5, 5.41) is 0.512. The molecule has 0 saturated carbocycles. The van der Waals surface area contributed by atoms with E-state index in [1.807, 2.05) is 11.5 Å². The maximum atomic E-state index is 13.3. The van der Waals surface area contributed by atoms with E-state index in [0.29, 0.717) is 36.1 Å². The second kappa shape index (κ2) is 8.29. The molecule has 2 heterocycles. The Morgan fingerprint density at radius 1 is 1.17 bits per heavy atom. The van der Waals surface area contributed by atoms with E-state index >= 15 is 0 Å². The maximum absolute atomic E-state index is 13.3. The molecule has 0 aliphatic heterocycles. The summed E-state index contributed by atoms with van der Waals surface area (Å²) in [5.41, 5.74) is 5.69. The third-order valence-corrected chi connectivity index (χ3v) is 5.26. The van der Waals surface area contributed by atoms with Crippen LogP contribution in [-0.2, 0) is 6.42 Å². The third-order valence-electron chi connectivity index (χ3n) is 5.00. The number of halogens is 1. The van der Waals surface area contributed by atoms with E-state index in [9.17, 15) is 4.79 Å². The zero-order valence-electron chi connectivity index (χ0n) is 17.5. The molecule has 0 atom stereocenters. The Labute approximate surface area is 176 Å². The number of amides is 1. The summed E-state index contributed by atoms with van der Waals surface area (Å²) in [7, 11) is 0. The van der Waals surface area contributed by atoms with Gasteiger partial charge in [0.15, 0.2) is 0 Å². The molecule has 0 aliphatic carbocycles. The van der Waals surface area contributed by atoms with Gasteiger partial charge in [-0.1, -0.05) is 48.4 Å². The molecule has 0 aliphatic rings. The molecule has 0 saturated heterocycles. The quantitative estimate of drug-likeness (QED) is 0.509. The average molecular weight is 411 g/mol. The lowest BCUT2D eigenvalue weighted by atomic mass is 10.1. The van der Waals surface area contributed by atoms with Crippen LogP contribution in [0.3, 0.4) is 0 Å².